The third-order valence-electron chi connectivity index (χ3n) is 4.34. The zero-order valence-corrected chi connectivity index (χ0v) is 16.0. The van der Waals surface area contributed by atoms with Crippen molar-refractivity contribution >= 4 is 11.8 Å². The minimum absolute atomic E-state index is 0.213. The number of Topliss-reactive ketones (excluding diaryl/α,β-unsaturated/α-hetero) is 1. The summed E-state index contributed by atoms with van der Waals surface area (Å²) in [5, 5.41) is 0. The van der Waals surface area contributed by atoms with Crippen molar-refractivity contribution in [3.05, 3.63) is 60.3 Å². The van der Waals surface area contributed by atoms with E-state index in [9.17, 15) is 9.59 Å². The van der Waals surface area contributed by atoms with Crippen LogP contribution >= 0.6 is 0 Å². The van der Waals surface area contributed by atoms with Crippen molar-refractivity contribution in [2.75, 3.05) is 6.61 Å². The van der Waals surface area contributed by atoms with E-state index in [4.69, 9.17) is 4.74 Å². The van der Waals surface area contributed by atoms with E-state index in [0.29, 0.717) is 6.42 Å². The summed E-state index contributed by atoms with van der Waals surface area (Å²) < 4.78 is 4.83. The van der Waals surface area contributed by atoms with Gasteiger partial charge < -0.3 is 4.74 Å². The van der Waals surface area contributed by atoms with Crippen molar-refractivity contribution in [3.8, 4) is 0 Å². The minimum atomic E-state index is -0.395. The highest BCUT2D eigenvalue weighted by Gasteiger charge is 2.19. The normalized spacial score (nSPS) is 15.0. The molecule has 1 aliphatic carbocycles. The number of ether oxygens (including phenoxy) is 1. The second-order valence-electron chi connectivity index (χ2n) is 6.48. The fourth-order valence-corrected chi connectivity index (χ4v) is 2.92. The summed E-state index contributed by atoms with van der Waals surface area (Å²) in [6.07, 6.45) is 22.1. The lowest BCUT2D eigenvalue weighted by molar-refractivity contribution is -0.136. The summed E-state index contributed by atoms with van der Waals surface area (Å²) in [4.78, 5) is 23.3. The first kappa shape index (κ1) is 21.9. The summed E-state index contributed by atoms with van der Waals surface area (Å²) >= 11 is 0. The van der Waals surface area contributed by atoms with Gasteiger partial charge in [0.1, 0.15) is 6.61 Å². The van der Waals surface area contributed by atoms with E-state index in [1.165, 1.54) is 56.3 Å². The molecule has 0 spiro atoms. The second kappa shape index (κ2) is 14.1. The molecule has 1 rings (SSSR count). The second-order valence-corrected chi connectivity index (χ2v) is 6.48. The Morgan fingerprint density at radius 2 is 1.77 bits per heavy atom. The Balaban J connectivity index is 2.42. The molecule has 0 aromatic carbocycles. The van der Waals surface area contributed by atoms with Crippen molar-refractivity contribution in [2.45, 2.75) is 64.7 Å². The van der Waals surface area contributed by atoms with Gasteiger partial charge in [0.05, 0.1) is 0 Å². The van der Waals surface area contributed by atoms with Gasteiger partial charge in [-0.3, -0.25) is 4.79 Å². The standard InChI is InChI=1S/C23H32O3/c1-3-5-6-7-8-11-14-20-17-18-22(24)21(20)15-12-9-10-13-16-23(25)26-19-4-2/h4,9-10,12-13,15-16H,2-3,5-8,11,14,17-19H2,1H3. The monoisotopic (exact) mass is 356 g/mol. The summed E-state index contributed by atoms with van der Waals surface area (Å²) in [6.45, 7) is 5.92. The van der Waals surface area contributed by atoms with Crippen LogP contribution in [0, 0.1) is 0 Å². The van der Waals surface area contributed by atoms with Crippen LogP contribution in [0.5, 0.6) is 0 Å². The molecule has 0 N–H and O–H groups in total. The quantitative estimate of drug-likeness (QED) is 0.138. The van der Waals surface area contributed by atoms with E-state index in [-0.39, 0.29) is 12.4 Å². The van der Waals surface area contributed by atoms with E-state index in [2.05, 4.69) is 13.5 Å². The highest BCUT2D eigenvalue weighted by Crippen LogP contribution is 2.28. The first-order valence-electron chi connectivity index (χ1n) is 9.73. The van der Waals surface area contributed by atoms with Gasteiger partial charge in [-0.2, -0.15) is 0 Å². The fourth-order valence-electron chi connectivity index (χ4n) is 2.92. The third-order valence-corrected chi connectivity index (χ3v) is 4.34. The van der Waals surface area contributed by atoms with E-state index >= 15 is 0 Å². The lowest BCUT2D eigenvalue weighted by Crippen LogP contribution is -1.99. The van der Waals surface area contributed by atoms with Crippen LogP contribution in [0.15, 0.2) is 60.3 Å². The number of hydrogen-bond acceptors (Lipinski definition) is 3. The number of rotatable bonds is 13. The van der Waals surface area contributed by atoms with Crippen LogP contribution in [0.25, 0.3) is 0 Å². The molecule has 0 unspecified atom stereocenters. The molecular formula is C23H32O3. The van der Waals surface area contributed by atoms with E-state index < -0.39 is 5.97 Å². The van der Waals surface area contributed by atoms with Crippen molar-refractivity contribution in [1.82, 2.24) is 0 Å². The molecule has 3 nitrogen and oxygen atoms in total. The van der Waals surface area contributed by atoms with Gasteiger partial charge in [-0.1, -0.05) is 87.6 Å². The Morgan fingerprint density at radius 1 is 1.04 bits per heavy atom. The Bertz CT molecular complexity index is 576. The van der Waals surface area contributed by atoms with Gasteiger partial charge in [0.2, 0.25) is 0 Å². The van der Waals surface area contributed by atoms with E-state index in [1.807, 2.05) is 18.2 Å². The smallest absolute Gasteiger partial charge is 0.331 e. The maximum absolute atomic E-state index is 12.1. The number of esters is 1. The average Bonchev–Trinajstić information content (AvgIpc) is 2.99. The topological polar surface area (TPSA) is 43.4 Å². The molecule has 1 aliphatic rings. The molecule has 3 heteroatoms. The van der Waals surface area contributed by atoms with Gasteiger partial charge in [-0.15, -0.1) is 0 Å². The van der Waals surface area contributed by atoms with Gasteiger partial charge in [-0.05, 0) is 19.3 Å². The number of hydrogen-bond donors (Lipinski definition) is 0. The van der Waals surface area contributed by atoms with Gasteiger partial charge in [0.25, 0.3) is 0 Å². The molecule has 0 saturated carbocycles. The molecular weight excluding hydrogens is 324 g/mol. The molecule has 142 valence electrons. The van der Waals surface area contributed by atoms with Crippen molar-refractivity contribution in [1.29, 1.82) is 0 Å². The van der Waals surface area contributed by atoms with Crippen LogP contribution in [-0.4, -0.2) is 18.4 Å². The zero-order chi connectivity index (χ0) is 19.0. The minimum Gasteiger partial charge on any atom is -0.458 e. The van der Waals surface area contributed by atoms with Gasteiger partial charge in [-0.25, -0.2) is 4.79 Å². The van der Waals surface area contributed by atoms with Crippen molar-refractivity contribution < 1.29 is 14.3 Å². The van der Waals surface area contributed by atoms with Crippen LogP contribution in [-0.2, 0) is 14.3 Å². The Morgan fingerprint density at radius 3 is 2.54 bits per heavy atom. The predicted octanol–water partition coefficient (Wildman–Crippen LogP) is 5.79. The summed E-state index contributed by atoms with van der Waals surface area (Å²) in [6, 6.07) is 0. The largest absolute Gasteiger partial charge is 0.458 e. The molecule has 0 aliphatic heterocycles. The molecule has 0 aromatic rings. The van der Waals surface area contributed by atoms with Gasteiger partial charge in [0, 0.05) is 18.1 Å². The van der Waals surface area contributed by atoms with Crippen LogP contribution in [0.1, 0.15) is 64.7 Å². The molecule has 0 aromatic heterocycles. The molecule has 0 heterocycles. The maximum Gasteiger partial charge on any atom is 0.331 e. The van der Waals surface area contributed by atoms with Crippen LogP contribution in [0.4, 0.5) is 0 Å². The van der Waals surface area contributed by atoms with Crippen molar-refractivity contribution in [2.24, 2.45) is 0 Å². The van der Waals surface area contributed by atoms with Gasteiger partial charge >= 0.3 is 5.97 Å². The molecule has 0 atom stereocenters. The number of ketones is 1. The number of allylic oxidation sites excluding steroid dienone is 7. The lowest BCUT2D eigenvalue weighted by Gasteiger charge is -2.03. The highest BCUT2D eigenvalue weighted by molar-refractivity contribution is 6.01. The average molecular weight is 357 g/mol. The molecule has 0 bridgehead atoms. The van der Waals surface area contributed by atoms with E-state index in [0.717, 1.165) is 18.4 Å². The lowest BCUT2D eigenvalue weighted by atomic mass is 10.0. The molecule has 26 heavy (non-hydrogen) atoms. The number of unbranched alkanes of at least 4 members (excludes halogenated alkanes) is 5. The zero-order valence-electron chi connectivity index (χ0n) is 16.0. The Labute approximate surface area is 158 Å². The first-order chi connectivity index (χ1) is 12.7. The van der Waals surface area contributed by atoms with Crippen LogP contribution in [0.3, 0.4) is 0 Å². The first-order valence-corrected chi connectivity index (χ1v) is 9.73. The molecule has 0 radical (unpaired) electrons. The third kappa shape index (κ3) is 9.36. The van der Waals surface area contributed by atoms with E-state index in [1.54, 1.807) is 12.2 Å². The van der Waals surface area contributed by atoms with Crippen LogP contribution < -0.4 is 0 Å². The van der Waals surface area contributed by atoms with Gasteiger partial charge in [0.15, 0.2) is 5.78 Å². The predicted molar refractivity (Wildman–Crippen MR) is 108 cm³/mol. The molecule has 0 fully saturated rings. The maximum atomic E-state index is 12.1. The SMILES string of the molecule is C=CCOC(=O)C=CC=CC=CC1=C(CCCCCCCC)CCC1=O. The summed E-state index contributed by atoms with van der Waals surface area (Å²) in [5.41, 5.74) is 2.19. The Kier molecular flexibility index (Phi) is 11.8. The molecule has 0 saturated heterocycles. The highest BCUT2D eigenvalue weighted by atomic mass is 16.5. The summed E-state index contributed by atoms with van der Waals surface area (Å²) in [7, 11) is 0. The summed E-state index contributed by atoms with van der Waals surface area (Å²) in [5.74, 6) is -0.146. The fraction of sp³-hybridized carbons (Fsp3) is 0.478. The number of carbonyl (C=O) groups is 2. The van der Waals surface area contributed by atoms with Crippen LogP contribution in [0.2, 0.25) is 0 Å². The Hall–Kier alpha value is -2.16. The number of carbonyl (C=O) groups excluding carboxylic acids is 2. The van der Waals surface area contributed by atoms with Crippen molar-refractivity contribution in [3.63, 3.8) is 0 Å². The molecule has 0 amide bonds.